The molecule has 1 aliphatic heterocycles. The van der Waals surface area contributed by atoms with Gasteiger partial charge in [0.2, 0.25) is 5.91 Å². The first kappa shape index (κ1) is 15.2. The van der Waals surface area contributed by atoms with Crippen molar-refractivity contribution in [1.29, 1.82) is 5.26 Å². The van der Waals surface area contributed by atoms with Crippen LogP contribution >= 0.6 is 0 Å². The summed E-state index contributed by atoms with van der Waals surface area (Å²) in [6, 6.07) is 7.00. The van der Waals surface area contributed by atoms with E-state index >= 15 is 0 Å². The highest BCUT2D eigenvalue weighted by molar-refractivity contribution is 5.85. The molecule has 1 fully saturated rings. The molecule has 1 unspecified atom stereocenters. The SMILES string of the molecule is COc1cccc(C#N)c1NC(C)C(=O)N1CCCCC1. The van der Waals surface area contributed by atoms with Crippen LogP contribution < -0.4 is 10.1 Å². The average Bonchev–Trinajstić information content (AvgIpc) is 2.55. The first-order valence-corrected chi connectivity index (χ1v) is 7.29. The van der Waals surface area contributed by atoms with Gasteiger partial charge in [0.15, 0.2) is 0 Å². The van der Waals surface area contributed by atoms with E-state index in [9.17, 15) is 10.1 Å². The molecule has 0 saturated carbocycles. The maximum Gasteiger partial charge on any atom is 0.244 e. The fraction of sp³-hybridized carbons (Fsp3) is 0.500. The molecule has 5 heteroatoms. The molecule has 5 nitrogen and oxygen atoms in total. The lowest BCUT2D eigenvalue weighted by molar-refractivity contribution is -0.132. The molecule has 1 aliphatic rings. The zero-order chi connectivity index (χ0) is 15.2. The Morgan fingerprint density at radius 1 is 1.38 bits per heavy atom. The Labute approximate surface area is 125 Å². The normalized spacial score (nSPS) is 16.0. The largest absolute Gasteiger partial charge is 0.495 e. The summed E-state index contributed by atoms with van der Waals surface area (Å²) >= 11 is 0. The number of hydrogen-bond acceptors (Lipinski definition) is 4. The predicted octanol–water partition coefficient (Wildman–Crippen LogP) is 2.38. The molecule has 0 aliphatic carbocycles. The highest BCUT2D eigenvalue weighted by atomic mass is 16.5. The number of benzene rings is 1. The van der Waals surface area contributed by atoms with Crippen molar-refractivity contribution >= 4 is 11.6 Å². The zero-order valence-electron chi connectivity index (χ0n) is 12.6. The van der Waals surface area contributed by atoms with Gasteiger partial charge in [0.1, 0.15) is 17.9 Å². The van der Waals surface area contributed by atoms with Gasteiger partial charge in [-0.3, -0.25) is 4.79 Å². The first-order valence-electron chi connectivity index (χ1n) is 7.29. The van der Waals surface area contributed by atoms with E-state index in [1.807, 2.05) is 11.8 Å². The molecule has 0 spiro atoms. The summed E-state index contributed by atoms with van der Waals surface area (Å²) in [5.41, 5.74) is 1.06. The van der Waals surface area contributed by atoms with E-state index in [-0.39, 0.29) is 11.9 Å². The van der Waals surface area contributed by atoms with Gasteiger partial charge in [-0.15, -0.1) is 0 Å². The summed E-state index contributed by atoms with van der Waals surface area (Å²) in [5, 5.41) is 12.3. The fourth-order valence-electron chi connectivity index (χ4n) is 2.61. The van der Waals surface area contributed by atoms with Crippen LogP contribution in [0.25, 0.3) is 0 Å². The summed E-state index contributed by atoms with van der Waals surface area (Å²) < 4.78 is 5.28. The van der Waals surface area contributed by atoms with Crippen LogP contribution in [0.3, 0.4) is 0 Å². The molecule has 0 aromatic heterocycles. The maximum atomic E-state index is 12.4. The number of nitrogens with one attached hydrogen (secondary N) is 1. The fourth-order valence-corrected chi connectivity index (χ4v) is 2.61. The van der Waals surface area contributed by atoms with E-state index in [0.29, 0.717) is 17.0 Å². The van der Waals surface area contributed by atoms with Crippen molar-refractivity contribution < 1.29 is 9.53 Å². The lowest BCUT2D eigenvalue weighted by Crippen LogP contribution is -2.44. The number of anilines is 1. The lowest BCUT2D eigenvalue weighted by atomic mass is 10.1. The third-order valence-corrected chi connectivity index (χ3v) is 3.77. The molecular weight excluding hydrogens is 266 g/mol. The molecule has 1 amide bonds. The minimum Gasteiger partial charge on any atom is -0.495 e. The second-order valence-electron chi connectivity index (χ2n) is 5.25. The van der Waals surface area contributed by atoms with Gasteiger partial charge in [-0.2, -0.15) is 5.26 Å². The van der Waals surface area contributed by atoms with Gasteiger partial charge >= 0.3 is 0 Å². The molecule has 1 aromatic carbocycles. The molecule has 1 aromatic rings. The summed E-state index contributed by atoms with van der Waals surface area (Å²) in [5.74, 6) is 0.650. The number of carbonyl (C=O) groups excluding carboxylic acids is 1. The van der Waals surface area contributed by atoms with Gasteiger partial charge in [0, 0.05) is 13.1 Å². The number of nitriles is 1. The molecule has 112 valence electrons. The second-order valence-corrected chi connectivity index (χ2v) is 5.25. The quantitative estimate of drug-likeness (QED) is 0.923. The van der Waals surface area contributed by atoms with Crippen LogP contribution in [0.4, 0.5) is 5.69 Å². The topological polar surface area (TPSA) is 65.4 Å². The van der Waals surface area contributed by atoms with Crippen LogP contribution in [-0.4, -0.2) is 37.0 Å². The molecule has 1 atom stereocenters. The molecule has 0 radical (unpaired) electrons. The van der Waals surface area contributed by atoms with Crippen LogP contribution in [0.15, 0.2) is 18.2 Å². The Balaban J connectivity index is 2.13. The molecule has 2 rings (SSSR count). The van der Waals surface area contributed by atoms with Gasteiger partial charge in [-0.1, -0.05) is 6.07 Å². The number of para-hydroxylation sites is 1. The molecule has 21 heavy (non-hydrogen) atoms. The Morgan fingerprint density at radius 2 is 2.10 bits per heavy atom. The van der Waals surface area contributed by atoms with E-state index in [2.05, 4.69) is 11.4 Å². The Kier molecular flexibility index (Phi) is 5.04. The first-order chi connectivity index (χ1) is 10.2. The molecule has 1 saturated heterocycles. The van der Waals surface area contributed by atoms with Crippen molar-refractivity contribution in [3.63, 3.8) is 0 Å². The number of methoxy groups -OCH3 is 1. The summed E-state index contributed by atoms with van der Waals surface area (Å²) in [7, 11) is 1.55. The lowest BCUT2D eigenvalue weighted by Gasteiger charge is -2.30. The van der Waals surface area contributed by atoms with Crippen molar-refractivity contribution in [2.45, 2.75) is 32.2 Å². The monoisotopic (exact) mass is 287 g/mol. The Bertz CT molecular complexity index is 545. The van der Waals surface area contributed by atoms with Crippen LogP contribution in [0.2, 0.25) is 0 Å². The predicted molar refractivity (Wildman–Crippen MR) is 81.2 cm³/mol. The standard InChI is InChI=1S/C16H21N3O2/c1-12(16(20)19-9-4-3-5-10-19)18-15-13(11-17)7-6-8-14(15)21-2/h6-8,12,18H,3-5,9-10H2,1-2H3. The molecule has 0 bridgehead atoms. The number of likely N-dealkylation sites (tertiary alicyclic amines) is 1. The second kappa shape index (κ2) is 6.98. The summed E-state index contributed by atoms with van der Waals surface area (Å²) in [6.07, 6.45) is 3.32. The number of ether oxygens (including phenoxy) is 1. The highest BCUT2D eigenvalue weighted by Crippen LogP contribution is 2.28. The van der Waals surface area contributed by atoms with Crippen LogP contribution in [0.1, 0.15) is 31.7 Å². The third kappa shape index (κ3) is 3.46. The smallest absolute Gasteiger partial charge is 0.244 e. The molecular formula is C16H21N3O2. The Morgan fingerprint density at radius 3 is 2.71 bits per heavy atom. The van der Waals surface area contributed by atoms with E-state index in [0.717, 1.165) is 25.9 Å². The number of amides is 1. The van der Waals surface area contributed by atoms with E-state index < -0.39 is 0 Å². The summed E-state index contributed by atoms with van der Waals surface area (Å²) in [4.78, 5) is 14.3. The van der Waals surface area contributed by atoms with Crippen LogP contribution in [-0.2, 0) is 4.79 Å². The highest BCUT2D eigenvalue weighted by Gasteiger charge is 2.23. The van der Waals surface area contributed by atoms with Gasteiger partial charge in [0.05, 0.1) is 18.4 Å². The third-order valence-electron chi connectivity index (χ3n) is 3.77. The van der Waals surface area contributed by atoms with Crippen molar-refractivity contribution in [3.8, 4) is 11.8 Å². The molecule has 1 N–H and O–H groups in total. The maximum absolute atomic E-state index is 12.4. The van der Waals surface area contributed by atoms with Gasteiger partial charge in [-0.05, 0) is 38.3 Å². The summed E-state index contributed by atoms with van der Waals surface area (Å²) in [6.45, 7) is 3.47. The number of carbonyl (C=O) groups is 1. The zero-order valence-corrected chi connectivity index (χ0v) is 12.6. The van der Waals surface area contributed by atoms with Crippen LogP contribution in [0, 0.1) is 11.3 Å². The van der Waals surface area contributed by atoms with E-state index in [1.165, 1.54) is 6.42 Å². The van der Waals surface area contributed by atoms with Crippen molar-refractivity contribution in [2.24, 2.45) is 0 Å². The van der Waals surface area contributed by atoms with Crippen LogP contribution in [0.5, 0.6) is 5.75 Å². The van der Waals surface area contributed by atoms with Crippen molar-refractivity contribution in [1.82, 2.24) is 4.90 Å². The Hall–Kier alpha value is -2.22. The van der Waals surface area contributed by atoms with Gasteiger partial charge in [0.25, 0.3) is 0 Å². The van der Waals surface area contributed by atoms with Crippen molar-refractivity contribution in [2.75, 3.05) is 25.5 Å². The van der Waals surface area contributed by atoms with E-state index in [4.69, 9.17) is 4.74 Å². The van der Waals surface area contributed by atoms with Crippen molar-refractivity contribution in [3.05, 3.63) is 23.8 Å². The number of rotatable bonds is 4. The van der Waals surface area contributed by atoms with Gasteiger partial charge in [-0.25, -0.2) is 0 Å². The minimum atomic E-state index is -0.383. The number of piperidine rings is 1. The average molecular weight is 287 g/mol. The van der Waals surface area contributed by atoms with Gasteiger partial charge < -0.3 is 15.0 Å². The van der Waals surface area contributed by atoms with E-state index in [1.54, 1.807) is 25.3 Å². The number of hydrogen-bond donors (Lipinski definition) is 1. The number of nitrogens with zero attached hydrogens (tertiary/aromatic N) is 2. The minimum absolute atomic E-state index is 0.0736. The molecule has 1 heterocycles.